The Labute approximate surface area is 178 Å². The number of ether oxygens (including phenoxy) is 6. The minimum absolute atomic E-state index is 0.116. The van der Waals surface area contributed by atoms with Crippen molar-refractivity contribution in [1.82, 2.24) is 0 Å². The van der Waals surface area contributed by atoms with E-state index in [1.54, 1.807) is 0 Å². The highest BCUT2D eigenvalue weighted by molar-refractivity contribution is 5.66. The molecule has 2 aliphatic heterocycles. The fourth-order valence-electron chi connectivity index (χ4n) is 3.38. The molecule has 0 aromatic rings. The van der Waals surface area contributed by atoms with Crippen LogP contribution in [0.5, 0.6) is 0 Å². The van der Waals surface area contributed by atoms with E-state index in [0.29, 0.717) is 0 Å². The third kappa shape index (κ3) is 6.80. The van der Waals surface area contributed by atoms with Crippen LogP contribution >= 0.6 is 0 Å². The van der Waals surface area contributed by atoms with Gasteiger partial charge in [0.05, 0.1) is 24.8 Å². The lowest BCUT2D eigenvalue weighted by Gasteiger charge is -2.45. The Morgan fingerprint density at radius 1 is 0.968 bits per heavy atom. The lowest BCUT2D eigenvalue weighted by molar-refractivity contribution is -0.309. The van der Waals surface area contributed by atoms with Gasteiger partial charge in [0.25, 0.3) is 0 Å². The van der Waals surface area contributed by atoms with Gasteiger partial charge >= 0.3 is 17.9 Å². The third-order valence-corrected chi connectivity index (χ3v) is 4.82. The van der Waals surface area contributed by atoms with Gasteiger partial charge in [0, 0.05) is 20.8 Å². The Balaban J connectivity index is 2.15. The Morgan fingerprint density at radius 2 is 1.58 bits per heavy atom. The van der Waals surface area contributed by atoms with Crippen LogP contribution in [0, 0.1) is 0 Å². The summed E-state index contributed by atoms with van der Waals surface area (Å²) in [5, 5.41) is 20.2. The molecule has 2 aliphatic rings. The fraction of sp³-hybridized carbons (Fsp3) is 0.833. The second-order valence-electron chi connectivity index (χ2n) is 7.40. The highest BCUT2D eigenvalue weighted by atomic mass is 16.7. The van der Waals surface area contributed by atoms with Crippen molar-refractivity contribution >= 4 is 17.9 Å². The smallest absolute Gasteiger partial charge is 0.304 e. The third-order valence-electron chi connectivity index (χ3n) is 4.82. The molecule has 13 nitrogen and oxygen atoms in total. The predicted octanol–water partition coefficient (Wildman–Crippen LogP) is -2.72. The Kier molecular flexibility index (Phi) is 9.12. The lowest BCUT2D eigenvalue weighted by Crippen LogP contribution is -2.65. The minimum atomic E-state index is -1.38. The highest BCUT2D eigenvalue weighted by Gasteiger charge is 2.49. The maximum absolute atomic E-state index is 11.5. The summed E-state index contributed by atoms with van der Waals surface area (Å²) in [6.45, 7) is 2.72. The quantitative estimate of drug-likeness (QED) is 0.230. The van der Waals surface area contributed by atoms with Gasteiger partial charge in [-0.25, -0.2) is 0 Å². The molecular weight excluding hydrogens is 420 g/mol. The summed E-state index contributed by atoms with van der Waals surface area (Å²) < 4.78 is 32.1. The van der Waals surface area contributed by atoms with Crippen molar-refractivity contribution in [2.45, 2.75) is 82.4 Å². The van der Waals surface area contributed by atoms with E-state index in [2.05, 4.69) is 0 Å². The van der Waals surface area contributed by atoms with Crippen LogP contribution in [0.4, 0.5) is 0 Å². The molecule has 2 rings (SSSR count). The van der Waals surface area contributed by atoms with E-state index in [1.807, 2.05) is 0 Å². The van der Waals surface area contributed by atoms with Gasteiger partial charge in [-0.3, -0.25) is 14.4 Å². The second kappa shape index (κ2) is 11.1. The first-order valence-corrected chi connectivity index (χ1v) is 9.77. The number of carbonyl (C=O) groups is 3. The summed E-state index contributed by atoms with van der Waals surface area (Å²) in [6, 6.07) is -1.88. The van der Waals surface area contributed by atoms with Crippen LogP contribution in [0.3, 0.4) is 0 Å². The van der Waals surface area contributed by atoms with Gasteiger partial charge in [-0.05, 0) is 6.42 Å². The number of aliphatic hydroxyl groups excluding tert-OH is 2. The van der Waals surface area contributed by atoms with E-state index < -0.39 is 79.7 Å². The number of hydrogen-bond acceptors (Lipinski definition) is 13. The largest absolute Gasteiger partial charge is 0.463 e. The zero-order valence-corrected chi connectivity index (χ0v) is 17.5. The SMILES string of the molecule is CC(=O)OCC1O[C@@H](O[C@H]2CC(N)[C@H](OC(C)=O)OC2CO)C(N)C(OC(C)=O)[C@@H]1O. The van der Waals surface area contributed by atoms with Crippen molar-refractivity contribution in [3.05, 3.63) is 0 Å². The topological polar surface area (TPSA) is 199 Å². The van der Waals surface area contributed by atoms with Crippen LogP contribution in [0.15, 0.2) is 0 Å². The molecule has 2 fully saturated rings. The molecule has 2 saturated heterocycles. The number of hydrogen-bond donors (Lipinski definition) is 4. The lowest BCUT2D eigenvalue weighted by atomic mass is 9.96. The summed E-state index contributed by atoms with van der Waals surface area (Å²) in [7, 11) is 0. The summed E-state index contributed by atoms with van der Waals surface area (Å²) in [4.78, 5) is 33.8. The zero-order valence-electron chi connectivity index (χ0n) is 17.5. The molecule has 178 valence electrons. The first kappa shape index (κ1) is 25.4. The zero-order chi connectivity index (χ0) is 23.3. The molecule has 31 heavy (non-hydrogen) atoms. The number of aliphatic hydroxyl groups is 2. The van der Waals surface area contributed by atoms with Gasteiger partial charge in [0.1, 0.15) is 24.9 Å². The molecule has 0 amide bonds. The maximum Gasteiger partial charge on any atom is 0.304 e. The average Bonchev–Trinajstić information content (AvgIpc) is 2.67. The van der Waals surface area contributed by atoms with Crippen molar-refractivity contribution in [1.29, 1.82) is 0 Å². The van der Waals surface area contributed by atoms with Crippen molar-refractivity contribution in [2.24, 2.45) is 11.5 Å². The fourth-order valence-corrected chi connectivity index (χ4v) is 3.38. The molecule has 0 saturated carbocycles. The van der Waals surface area contributed by atoms with Crippen molar-refractivity contribution in [3.8, 4) is 0 Å². The molecule has 6 N–H and O–H groups in total. The van der Waals surface area contributed by atoms with Gasteiger partial charge in [-0.1, -0.05) is 0 Å². The molecule has 0 aromatic heterocycles. The Hall–Kier alpha value is -1.87. The summed E-state index contributed by atoms with van der Waals surface area (Å²) in [5.74, 6) is -1.89. The molecule has 2 heterocycles. The van der Waals surface area contributed by atoms with Crippen molar-refractivity contribution in [2.75, 3.05) is 13.2 Å². The molecular formula is C18H30N2O11. The second-order valence-corrected chi connectivity index (χ2v) is 7.40. The molecule has 0 aromatic carbocycles. The summed E-state index contributed by atoms with van der Waals surface area (Å²) in [5.41, 5.74) is 12.1. The van der Waals surface area contributed by atoms with Crippen LogP contribution in [-0.4, -0.2) is 96.5 Å². The summed E-state index contributed by atoms with van der Waals surface area (Å²) >= 11 is 0. The van der Waals surface area contributed by atoms with Crippen LogP contribution in [0.2, 0.25) is 0 Å². The van der Waals surface area contributed by atoms with Crippen LogP contribution in [0.1, 0.15) is 27.2 Å². The van der Waals surface area contributed by atoms with Crippen molar-refractivity contribution in [3.63, 3.8) is 0 Å². The Morgan fingerprint density at radius 3 is 2.13 bits per heavy atom. The van der Waals surface area contributed by atoms with Crippen LogP contribution in [-0.2, 0) is 42.8 Å². The van der Waals surface area contributed by atoms with Crippen LogP contribution in [0.25, 0.3) is 0 Å². The molecule has 0 bridgehead atoms. The average molecular weight is 450 g/mol. The molecule has 0 aliphatic carbocycles. The van der Waals surface area contributed by atoms with E-state index in [1.165, 1.54) is 13.8 Å². The molecule has 9 atom stereocenters. The monoisotopic (exact) mass is 450 g/mol. The number of carbonyl (C=O) groups excluding carboxylic acids is 3. The normalized spacial score (nSPS) is 38.2. The number of nitrogens with two attached hydrogens (primary N) is 2. The first-order chi connectivity index (χ1) is 14.5. The molecule has 5 unspecified atom stereocenters. The predicted molar refractivity (Wildman–Crippen MR) is 99.8 cm³/mol. The van der Waals surface area contributed by atoms with Gasteiger partial charge in [-0.2, -0.15) is 0 Å². The van der Waals surface area contributed by atoms with E-state index in [4.69, 9.17) is 39.9 Å². The first-order valence-electron chi connectivity index (χ1n) is 9.77. The van der Waals surface area contributed by atoms with E-state index in [9.17, 15) is 24.6 Å². The highest BCUT2D eigenvalue weighted by Crippen LogP contribution is 2.29. The van der Waals surface area contributed by atoms with Gasteiger partial charge < -0.3 is 50.1 Å². The molecule has 0 radical (unpaired) electrons. The van der Waals surface area contributed by atoms with E-state index >= 15 is 0 Å². The summed E-state index contributed by atoms with van der Waals surface area (Å²) in [6.07, 6.45) is -7.63. The maximum atomic E-state index is 11.5. The van der Waals surface area contributed by atoms with Crippen LogP contribution < -0.4 is 11.5 Å². The van der Waals surface area contributed by atoms with E-state index in [-0.39, 0.29) is 13.0 Å². The van der Waals surface area contributed by atoms with Gasteiger partial charge in [0.2, 0.25) is 6.29 Å². The van der Waals surface area contributed by atoms with Gasteiger partial charge in [0.15, 0.2) is 12.4 Å². The number of esters is 3. The van der Waals surface area contributed by atoms with E-state index in [0.717, 1.165) is 6.92 Å². The molecule has 0 spiro atoms. The minimum Gasteiger partial charge on any atom is -0.463 e. The Bertz CT molecular complexity index is 648. The standard InChI is InChI=1S/C18H30N2O11/c1-7(22)26-6-13-15(25)16(27-8(2)23)14(20)18(31-13)29-11-4-10(19)17(28-9(3)24)30-12(11)5-21/h10-18,21,25H,4-6,19-20H2,1-3H3/t10?,11-,12?,13?,14?,15+,16?,17+,18+/m0/s1. The van der Waals surface area contributed by atoms with Crippen molar-refractivity contribution < 1.29 is 53.0 Å². The van der Waals surface area contributed by atoms with Gasteiger partial charge in [-0.15, -0.1) is 0 Å². The number of rotatable bonds is 7. The molecule has 13 heteroatoms.